The van der Waals surface area contributed by atoms with Gasteiger partial charge in [-0.1, -0.05) is 6.92 Å². The van der Waals surface area contributed by atoms with Crippen LogP contribution in [0.5, 0.6) is 0 Å². The predicted octanol–water partition coefficient (Wildman–Crippen LogP) is 0.637. The average Bonchev–Trinajstić information content (AvgIpc) is 2.32. The number of hydrogen-bond donors (Lipinski definition) is 1. The van der Waals surface area contributed by atoms with Crippen LogP contribution in [0.25, 0.3) is 0 Å². The Hall–Kier alpha value is -0.160. The van der Waals surface area contributed by atoms with E-state index in [2.05, 4.69) is 36.0 Å². The van der Waals surface area contributed by atoms with Crippen LogP contribution in [0.15, 0.2) is 0 Å². The summed E-state index contributed by atoms with van der Waals surface area (Å²) in [5.41, 5.74) is 0. The molecule has 3 unspecified atom stereocenters. The molecule has 4 heteroatoms. The van der Waals surface area contributed by atoms with Gasteiger partial charge >= 0.3 is 0 Å². The van der Waals surface area contributed by atoms with Crippen molar-refractivity contribution in [1.82, 2.24) is 15.1 Å². The third-order valence-corrected chi connectivity index (χ3v) is 4.07. The highest BCUT2D eigenvalue weighted by molar-refractivity contribution is 4.78. The van der Waals surface area contributed by atoms with Crippen molar-refractivity contribution in [2.75, 3.05) is 52.9 Å². The number of hydrogen-bond acceptors (Lipinski definition) is 4. The van der Waals surface area contributed by atoms with Gasteiger partial charge in [0.05, 0.1) is 12.7 Å². The summed E-state index contributed by atoms with van der Waals surface area (Å²) in [6.07, 6.45) is 1.65. The molecule has 2 aliphatic heterocycles. The molecular formula is C14H29N3O. The second-order valence-electron chi connectivity index (χ2n) is 6.22. The van der Waals surface area contributed by atoms with Crippen molar-refractivity contribution in [2.24, 2.45) is 5.92 Å². The zero-order chi connectivity index (χ0) is 13.0. The first-order valence-electron chi connectivity index (χ1n) is 7.39. The van der Waals surface area contributed by atoms with E-state index >= 15 is 0 Å². The first-order chi connectivity index (χ1) is 8.63. The zero-order valence-corrected chi connectivity index (χ0v) is 12.2. The maximum atomic E-state index is 5.89. The van der Waals surface area contributed by atoms with Crippen molar-refractivity contribution in [3.05, 3.63) is 0 Å². The molecule has 0 aromatic carbocycles. The molecule has 2 fully saturated rings. The van der Waals surface area contributed by atoms with E-state index in [0.717, 1.165) is 38.7 Å². The number of likely N-dealkylation sites (N-methyl/N-ethyl adjacent to an activating group) is 1. The molecule has 1 N–H and O–H groups in total. The molecule has 0 spiro atoms. The molecule has 0 saturated carbocycles. The molecule has 2 aliphatic rings. The summed E-state index contributed by atoms with van der Waals surface area (Å²) in [6, 6.07) is 0.644. The number of rotatable bonds is 2. The van der Waals surface area contributed by atoms with E-state index in [1.54, 1.807) is 0 Å². The van der Waals surface area contributed by atoms with Gasteiger partial charge in [0.1, 0.15) is 0 Å². The summed E-state index contributed by atoms with van der Waals surface area (Å²) < 4.78 is 5.89. The Morgan fingerprint density at radius 1 is 1.22 bits per heavy atom. The normalized spacial score (nSPS) is 37.2. The SMILES string of the molecule is CC1CNC(C)CCN(CC2CN(C)CCO2)C1. The highest BCUT2D eigenvalue weighted by atomic mass is 16.5. The van der Waals surface area contributed by atoms with Crippen LogP contribution < -0.4 is 5.32 Å². The van der Waals surface area contributed by atoms with E-state index in [4.69, 9.17) is 4.74 Å². The molecule has 4 nitrogen and oxygen atoms in total. The maximum Gasteiger partial charge on any atom is 0.0829 e. The van der Waals surface area contributed by atoms with Crippen LogP contribution in [0, 0.1) is 5.92 Å². The Kier molecular flexibility index (Phi) is 5.42. The van der Waals surface area contributed by atoms with Crippen LogP contribution in [0.4, 0.5) is 0 Å². The van der Waals surface area contributed by atoms with E-state index in [-0.39, 0.29) is 0 Å². The fourth-order valence-corrected chi connectivity index (χ4v) is 2.91. The molecule has 2 saturated heterocycles. The summed E-state index contributed by atoms with van der Waals surface area (Å²) in [5.74, 6) is 0.731. The highest BCUT2D eigenvalue weighted by Gasteiger charge is 2.23. The van der Waals surface area contributed by atoms with Gasteiger partial charge in [0.25, 0.3) is 0 Å². The Labute approximate surface area is 112 Å². The smallest absolute Gasteiger partial charge is 0.0829 e. The first kappa shape index (κ1) is 14.3. The molecule has 0 amide bonds. The van der Waals surface area contributed by atoms with E-state index in [0.29, 0.717) is 12.1 Å². The molecule has 2 rings (SSSR count). The fraction of sp³-hybridized carbons (Fsp3) is 1.00. The van der Waals surface area contributed by atoms with Crippen LogP contribution in [0.3, 0.4) is 0 Å². The lowest BCUT2D eigenvalue weighted by atomic mass is 10.1. The van der Waals surface area contributed by atoms with Gasteiger partial charge in [0.2, 0.25) is 0 Å². The van der Waals surface area contributed by atoms with Crippen LogP contribution in [-0.4, -0.2) is 74.9 Å². The van der Waals surface area contributed by atoms with Crippen molar-refractivity contribution in [3.63, 3.8) is 0 Å². The topological polar surface area (TPSA) is 27.7 Å². The van der Waals surface area contributed by atoms with E-state index in [1.807, 2.05) is 0 Å². The van der Waals surface area contributed by atoms with Gasteiger partial charge in [0.15, 0.2) is 0 Å². The minimum absolute atomic E-state index is 0.402. The Bertz CT molecular complexity index is 249. The monoisotopic (exact) mass is 255 g/mol. The molecule has 0 radical (unpaired) electrons. The van der Waals surface area contributed by atoms with Crippen LogP contribution >= 0.6 is 0 Å². The number of ether oxygens (including phenoxy) is 1. The quantitative estimate of drug-likeness (QED) is 0.783. The third-order valence-electron chi connectivity index (χ3n) is 4.07. The lowest BCUT2D eigenvalue weighted by Crippen LogP contribution is -2.49. The van der Waals surface area contributed by atoms with Gasteiger partial charge < -0.3 is 19.9 Å². The van der Waals surface area contributed by atoms with Crippen LogP contribution in [0.1, 0.15) is 20.3 Å². The van der Waals surface area contributed by atoms with E-state index < -0.39 is 0 Å². The van der Waals surface area contributed by atoms with Crippen molar-refractivity contribution < 1.29 is 4.74 Å². The van der Waals surface area contributed by atoms with Crippen LogP contribution in [-0.2, 0) is 4.74 Å². The fourth-order valence-electron chi connectivity index (χ4n) is 2.91. The van der Waals surface area contributed by atoms with Gasteiger partial charge in [-0.05, 0) is 39.4 Å². The molecule has 0 aromatic heterocycles. The first-order valence-corrected chi connectivity index (χ1v) is 7.39. The van der Waals surface area contributed by atoms with E-state index in [9.17, 15) is 0 Å². The van der Waals surface area contributed by atoms with Gasteiger partial charge in [0, 0.05) is 32.2 Å². The summed E-state index contributed by atoms with van der Waals surface area (Å²) in [6.45, 7) is 12.3. The average molecular weight is 255 g/mol. The largest absolute Gasteiger partial charge is 0.374 e. The molecule has 0 aliphatic carbocycles. The molecule has 3 atom stereocenters. The minimum atomic E-state index is 0.402. The maximum absolute atomic E-state index is 5.89. The zero-order valence-electron chi connectivity index (χ0n) is 12.2. The van der Waals surface area contributed by atoms with Gasteiger partial charge in [-0.3, -0.25) is 0 Å². The standard InChI is InChI=1S/C14H29N3O/c1-12-8-15-13(2)4-5-17(9-12)11-14-10-16(3)6-7-18-14/h12-15H,4-11H2,1-3H3. The molecule has 0 aromatic rings. The minimum Gasteiger partial charge on any atom is -0.374 e. The molecule has 18 heavy (non-hydrogen) atoms. The summed E-state index contributed by atoms with van der Waals surface area (Å²) in [5, 5.41) is 3.60. The number of nitrogens with zero attached hydrogens (tertiary/aromatic N) is 2. The number of nitrogens with one attached hydrogen (secondary N) is 1. The lowest BCUT2D eigenvalue weighted by molar-refractivity contribution is -0.0381. The number of morpholine rings is 1. The van der Waals surface area contributed by atoms with Crippen molar-refractivity contribution in [1.29, 1.82) is 0 Å². The Morgan fingerprint density at radius 3 is 2.83 bits per heavy atom. The molecular weight excluding hydrogens is 226 g/mol. The Balaban J connectivity index is 1.82. The second kappa shape index (κ2) is 6.85. The third kappa shape index (κ3) is 4.50. The highest BCUT2D eigenvalue weighted by Crippen LogP contribution is 2.11. The molecule has 0 bridgehead atoms. The van der Waals surface area contributed by atoms with Crippen molar-refractivity contribution in [2.45, 2.75) is 32.4 Å². The lowest BCUT2D eigenvalue weighted by Gasteiger charge is -2.36. The molecule has 2 heterocycles. The van der Waals surface area contributed by atoms with Crippen LogP contribution in [0.2, 0.25) is 0 Å². The van der Waals surface area contributed by atoms with Crippen molar-refractivity contribution in [3.8, 4) is 0 Å². The summed E-state index contributed by atoms with van der Waals surface area (Å²) >= 11 is 0. The summed E-state index contributed by atoms with van der Waals surface area (Å²) in [4.78, 5) is 4.98. The van der Waals surface area contributed by atoms with Gasteiger partial charge in [-0.25, -0.2) is 0 Å². The van der Waals surface area contributed by atoms with Crippen molar-refractivity contribution >= 4 is 0 Å². The summed E-state index contributed by atoms with van der Waals surface area (Å²) in [7, 11) is 2.19. The predicted molar refractivity (Wildman–Crippen MR) is 74.9 cm³/mol. The second-order valence-corrected chi connectivity index (χ2v) is 6.22. The Morgan fingerprint density at radius 2 is 2.06 bits per heavy atom. The molecule has 106 valence electrons. The van der Waals surface area contributed by atoms with E-state index in [1.165, 1.54) is 19.5 Å². The van der Waals surface area contributed by atoms with Gasteiger partial charge in [-0.2, -0.15) is 0 Å². The van der Waals surface area contributed by atoms with Gasteiger partial charge in [-0.15, -0.1) is 0 Å².